The van der Waals surface area contributed by atoms with E-state index in [4.69, 9.17) is 0 Å². The van der Waals surface area contributed by atoms with E-state index in [0.29, 0.717) is 18.4 Å². The lowest BCUT2D eigenvalue weighted by Crippen LogP contribution is -2.45. The van der Waals surface area contributed by atoms with Gasteiger partial charge in [-0.25, -0.2) is 0 Å². The molecule has 2 atom stereocenters. The second-order valence-corrected chi connectivity index (χ2v) is 6.54. The van der Waals surface area contributed by atoms with E-state index in [1.165, 1.54) is 11.1 Å². The van der Waals surface area contributed by atoms with Crippen molar-refractivity contribution in [3.8, 4) is 0 Å². The molecule has 0 radical (unpaired) electrons. The Bertz CT molecular complexity index is 447. The SMILES string of the molecule is CC(C)c1ccc(C(C)CC(=O)N[C@H]2CCCNC2)cc1. The molecule has 116 valence electrons. The zero-order valence-electron chi connectivity index (χ0n) is 13.5. The molecule has 1 saturated heterocycles. The molecule has 1 aromatic carbocycles. The molecule has 0 bridgehead atoms. The lowest BCUT2D eigenvalue weighted by atomic mass is 9.94. The fourth-order valence-electron chi connectivity index (χ4n) is 2.87. The number of amides is 1. The molecular formula is C18H28N2O. The second-order valence-electron chi connectivity index (χ2n) is 6.54. The summed E-state index contributed by atoms with van der Waals surface area (Å²) in [6, 6.07) is 8.99. The van der Waals surface area contributed by atoms with Gasteiger partial charge in [-0.15, -0.1) is 0 Å². The van der Waals surface area contributed by atoms with Crippen molar-refractivity contribution in [2.24, 2.45) is 0 Å². The van der Waals surface area contributed by atoms with Gasteiger partial charge in [-0.1, -0.05) is 45.0 Å². The first-order valence-electron chi connectivity index (χ1n) is 8.16. The summed E-state index contributed by atoms with van der Waals surface area (Å²) in [5.41, 5.74) is 2.60. The van der Waals surface area contributed by atoms with Gasteiger partial charge >= 0.3 is 0 Å². The fourth-order valence-corrected chi connectivity index (χ4v) is 2.87. The van der Waals surface area contributed by atoms with Gasteiger partial charge in [0, 0.05) is 19.0 Å². The maximum Gasteiger partial charge on any atom is 0.220 e. The summed E-state index contributed by atoms with van der Waals surface area (Å²) < 4.78 is 0. The third-order valence-electron chi connectivity index (χ3n) is 4.33. The fraction of sp³-hybridized carbons (Fsp3) is 0.611. The molecule has 0 saturated carbocycles. The molecule has 2 rings (SSSR count). The predicted molar refractivity (Wildman–Crippen MR) is 87.6 cm³/mol. The number of piperidine rings is 1. The number of benzene rings is 1. The molecule has 1 fully saturated rings. The van der Waals surface area contributed by atoms with Crippen molar-refractivity contribution in [3.63, 3.8) is 0 Å². The van der Waals surface area contributed by atoms with E-state index in [-0.39, 0.29) is 11.8 Å². The zero-order valence-corrected chi connectivity index (χ0v) is 13.5. The van der Waals surface area contributed by atoms with Gasteiger partial charge in [-0.3, -0.25) is 4.79 Å². The first kappa shape index (κ1) is 16.0. The van der Waals surface area contributed by atoms with E-state index in [0.717, 1.165) is 25.9 Å². The van der Waals surface area contributed by atoms with Crippen molar-refractivity contribution >= 4 is 5.91 Å². The van der Waals surface area contributed by atoms with Crippen molar-refractivity contribution in [1.29, 1.82) is 0 Å². The average molecular weight is 288 g/mol. The van der Waals surface area contributed by atoms with Gasteiger partial charge in [0.25, 0.3) is 0 Å². The van der Waals surface area contributed by atoms with Gasteiger partial charge in [0.05, 0.1) is 0 Å². The molecule has 0 aromatic heterocycles. The summed E-state index contributed by atoms with van der Waals surface area (Å²) in [5.74, 6) is 0.989. The highest BCUT2D eigenvalue weighted by Gasteiger charge is 2.17. The van der Waals surface area contributed by atoms with Crippen molar-refractivity contribution in [2.75, 3.05) is 13.1 Å². The normalized spacial score (nSPS) is 20.3. The molecule has 3 nitrogen and oxygen atoms in total. The second kappa shape index (κ2) is 7.60. The Morgan fingerprint density at radius 1 is 1.24 bits per heavy atom. The Morgan fingerprint density at radius 2 is 1.90 bits per heavy atom. The predicted octanol–water partition coefficient (Wildman–Crippen LogP) is 3.17. The van der Waals surface area contributed by atoms with Crippen LogP contribution in [0.25, 0.3) is 0 Å². The van der Waals surface area contributed by atoms with E-state index < -0.39 is 0 Å². The highest BCUT2D eigenvalue weighted by Crippen LogP contribution is 2.22. The molecular weight excluding hydrogens is 260 g/mol. The Hall–Kier alpha value is -1.35. The summed E-state index contributed by atoms with van der Waals surface area (Å²) in [7, 11) is 0. The van der Waals surface area contributed by atoms with Gasteiger partial charge in [-0.2, -0.15) is 0 Å². The highest BCUT2D eigenvalue weighted by molar-refractivity contribution is 5.77. The van der Waals surface area contributed by atoms with Gasteiger partial charge in [-0.05, 0) is 42.3 Å². The highest BCUT2D eigenvalue weighted by atomic mass is 16.1. The van der Waals surface area contributed by atoms with Crippen LogP contribution in [0.5, 0.6) is 0 Å². The van der Waals surface area contributed by atoms with Crippen LogP contribution >= 0.6 is 0 Å². The lowest BCUT2D eigenvalue weighted by molar-refractivity contribution is -0.122. The van der Waals surface area contributed by atoms with E-state index >= 15 is 0 Å². The third-order valence-corrected chi connectivity index (χ3v) is 4.33. The molecule has 21 heavy (non-hydrogen) atoms. The number of carbonyl (C=O) groups excluding carboxylic acids is 1. The van der Waals surface area contributed by atoms with Crippen molar-refractivity contribution in [3.05, 3.63) is 35.4 Å². The minimum Gasteiger partial charge on any atom is -0.352 e. The molecule has 1 aromatic rings. The van der Waals surface area contributed by atoms with Gasteiger partial charge in [0.15, 0.2) is 0 Å². The maximum absolute atomic E-state index is 12.1. The van der Waals surface area contributed by atoms with Crippen LogP contribution in [0, 0.1) is 0 Å². The van der Waals surface area contributed by atoms with E-state index in [2.05, 4.69) is 55.7 Å². The van der Waals surface area contributed by atoms with Crippen LogP contribution < -0.4 is 10.6 Å². The van der Waals surface area contributed by atoms with Gasteiger partial charge in [0.1, 0.15) is 0 Å². The summed E-state index contributed by atoms with van der Waals surface area (Å²) in [6.45, 7) is 8.51. The summed E-state index contributed by atoms with van der Waals surface area (Å²) in [6.07, 6.45) is 2.81. The van der Waals surface area contributed by atoms with E-state index in [1.807, 2.05) is 0 Å². The van der Waals surface area contributed by atoms with Crippen molar-refractivity contribution in [2.45, 2.75) is 57.9 Å². The van der Waals surface area contributed by atoms with Crippen LogP contribution in [0.3, 0.4) is 0 Å². The zero-order chi connectivity index (χ0) is 15.2. The molecule has 1 aliphatic heterocycles. The van der Waals surface area contributed by atoms with E-state index in [9.17, 15) is 4.79 Å². The first-order valence-corrected chi connectivity index (χ1v) is 8.16. The van der Waals surface area contributed by atoms with Crippen LogP contribution in [0.2, 0.25) is 0 Å². The van der Waals surface area contributed by atoms with Crippen LogP contribution in [-0.4, -0.2) is 25.0 Å². The third kappa shape index (κ3) is 4.85. The van der Waals surface area contributed by atoms with Crippen LogP contribution in [0.1, 0.15) is 63.0 Å². The Balaban J connectivity index is 1.84. The minimum atomic E-state index is 0.170. The summed E-state index contributed by atoms with van der Waals surface area (Å²) >= 11 is 0. The molecule has 1 heterocycles. The topological polar surface area (TPSA) is 41.1 Å². The van der Waals surface area contributed by atoms with Crippen molar-refractivity contribution < 1.29 is 4.79 Å². The molecule has 3 heteroatoms. The number of nitrogens with one attached hydrogen (secondary N) is 2. The first-order chi connectivity index (χ1) is 10.1. The number of rotatable bonds is 5. The smallest absolute Gasteiger partial charge is 0.220 e. The maximum atomic E-state index is 12.1. The van der Waals surface area contributed by atoms with Gasteiger partial charge in [0.2, 0.25) is 5.91 Å². The standard InChI is InChI=1S/C18H28N2O/c1-13(2)15-6-8-16(9-7-15)14(3)11-18(21)20-17-5-4-10-19-12-17/h6-9,13-14,17,19H,4-5,10-12H2,1-3H3,(H,20,21)/t14?,17-/m0/s1. The summed E-state index contributed by atoms with van der Waals surface area (Å²) in [5, 5.41) is 6.47. The van der Waals surface area contributed by atoms with Gasteiger partial charge < -0.3 is 10.6 Å². The quantitative estimate of drug-likeness (QED) is 0.874. The molecule has 1 amide bonds. The number of hydrogen-bond donors (Lipinski definition) is 2. The van der Waals surface area contributed by atoms with E-state index in [1.54, 1.807) is 0 Å². The largest absolute Gasteiger partial charge is 0.352 e. The van der Waals surface area contributed by atoms with Crippen molar-refractivity contribution in [1.82, 2.24) is 10.6 Å². The number of hydrogen-bond acceptors (Lipinski definition) is 2. The Morgan fingerprint density at radius 3 is 2.48 bits per heavy atom. The Kier molecular flexibility index (Phi) is 5.80. The molecule has 0 aliphatic carbocycles. The van der Waals surface area contributed by atoms with Crippen LogP contribution in [-0.2, 0) is 4.79 Å². The molecule has 0 spiro atoms. The Labute approximate surface area is 128 Å². The molecule has 1 aliphatic rings. The van der Waals surface area contributed by atoms with Crippen LogP contribution in [0.15, 0.2) is 24.3 Å². The molecule has 1 unspecified atom stereocenters. The monoisotopic (exact) mass is 288 g/mol. The molecule has 2 N–H and O–H groups in total. The number of carbonyl (C=O) groups is 1. The average Bonchev–Trinajstić information content (AvgIpc) is 2.48. The minimum absolute atomic E-state index is 0.170. The lowest BCUT2D eigenvalue weighted by Gasteiger charge is -2.24. The summed E-state index contributed by atoms with van der Waals surface area (Å²) in [4.78, 5) is 12.1. The van der Waals surface area contributed by atoms with Crippen LogP contribution in [0.4, 0.5) is 0 Å².